The minimum absolute atomic E-state index is 0.140. The van der Waals surface area contributed by atoms with E-state index >= 15 is 0 Å². The minimum Gasteiger partial charge on any atom is -0.493 e. The lowest BCUT2D eigenvalue weighted by Gasteiger charge is -2.33. The van der Waals surface area contributed by atoms with Gasteiger partial charge in [0.1, 0.15) is 0 Å². The molecular weight excluding hydrogens is 278 g/mol. The molecule has 0 aromatic heterocycles. The first-order valence-corrected chi connectivity index (χ1v) is 7.14. The molecule has 21 heavy (non-hydrogen) atoms. The fourth-order valence-electron chi connectivity index (χ4n) is 2.75. The van der Waals surface area contributed by atoms with Crippen LogP contribution in [0.25, 0.3) is 0 Å². The first kappa shape index (κ1) is 16.0. The molecule has 1 heterocycles. The minimum atomic E-state index is -2.86. The number of likely N-dealkylation sites (N-methyl/N-ethyl adjacent to an activating group) is 1. The molecule has 4 nitrogen and oxygen atoms in total. The van der Waals surface area contributed by atoms with Crippen LogP contribution in [0.2, 0.25) is 0 Å². The van der Waals surface area contributed by atoms with E-state index in [0.29, 0.717) is 18.3 Å². The molecule has 1 saturated heterocycles. The van der Waals surface area contributed by atoms with Crippen molar-refractivity contribution in [1.29, 1.82) is 0 Å². The molecule has 118 valence electrons. The van der Waals surface area contributed by atoms with E-state index in [0.717, 1.165) is 31.5 Å². The van der Waals surface area contributed by atoms with E-state index in [-0.39, 0.29) is 5.75 Å². The number of halogens is 2. The molecule has 1 atom stereocenters. The van der Waals surface area contributed by atoms with E-state index < -0.39 is 6.61 Å². The van der Waals surface area contributed by atoms with E-state index in [4.69, 9.17) is 4.74 Å². The van der Waals surface area contributed by atoms with Crippen molar-refractivity contribution < 1.29 is 18.3 Å². The molecule has 2 rings (SSSR count). The van der Waals surface area contributed by atoms with Crippen LogP contribution in [0.1, 0.15) is 18.4 Å². The quantitative estimate of drug-likeness (QED) is 0.875. The summed E-state index contributed by atoms with van der Waals surface area (Å²) in [5, 5.41) is 3.27. The third kappa shape index (κ3) is 4.28. The fourth-order valence-corrected chi connectivity index (χ4v) is 2.75. The molecule has 0 aliphatic carbocycles. The van der Waals surface area contributed by atoms with Crippen molar-refractivity contribution in [2.75, 3.05) is 27.2 Å². The van der Waals surface area contributed by atoms with Gasteiger partial charge in [-0.3, -0.25) is 4.90 Å². The zero-order valence-electron chi connectivity index (χ0n) is 12.4. The van der Waals surface area contributed by atoms with Crippen LogP contribution in [0.15, 0.2) is 18.2 Å². The molecular formula is C15H22F2N2O2. The highest BCUT2D eigenvalue weighted by Crippen LogP contribution is 2.33. The van der Waals surface area contributed by atoms with Crippen LogP contribution in [0.3, 0.4) is 0 Å². The predicted octanol–water partition coefficient (Wildman–Crippen LogP) is 2.48. The van der Waals surface area contributed by atoms with Gasteiger partial charge < -0.3 is 14.8 Å². The second kappa shape index (κ2) is 7.56. The van der Waals surface area contributed by atoms with Crippen molar-refractivity contribution in [2.24, 2.45) is 0 Å². The number of rotatable bonds is 6. The van der Waals surface area contributed by atoms with Crippen LogP contribution >= 0.6 is 0 Å². The van der Waals surface area contributed by atoms with Crippen molar-refractivity contribution in [1.82, 2.24) is 10.2 Å². The molecule has 1 aromatic carbocycles. The Kier molecular flexibility index (Phi) is 5.76. The van der Waals surface area contributed by atoms with Crippen LogP contribution in [-0.2, 0) is 6.54 Å². The smallest absolute Gasteiger partial charge is 0.387 e. The first-order chi connectivity index (χ1) is 10.1. The van der Waals surface area contributed by atoms with Gasteiger partial charge in [0.05, 0.1) is 7.11 Å². The highest BCUT2D eigenvalue weighted by atomic mass is 19.3. The Morgan fingerprint density at radius 3 is 2.90 bits per heavy atom. The Bertz CT molecular complexity index is 457. The summed E-state index contributed by atoms with van der Waals surface area (Å²) < 4.78 is 35.0. The molecule has 1 N–H and O–H groups in total. The molecule has 0 bridgehead atoms. The highest BCUT2D eigenvalue weighted by molar-refractivity contribution is 5.46. The summed E-state index contributed by atoms with van der Waals surface area (Å²) in [7, 11) is 3.40. The number of hydrogen-bond donors (Lipinski definition) is 1. The number of alkyl halides is 2. The second-order valence-electron chi connectivity index (χ2n) is 5.19. The Hall–Kier alpha value is -1.40. The summed E-state index contributed by atoms with van der Waals surface area (Å²) >= 11 is 0. The Morgan fingerprint density at radius 1 is 1.43 bits per heavy atom. The van der Waals surface area contributed by atoms with Crippen molar-refractivity contribution in [2.45, 2.75) is 32.0 Å². The van der Waals surface area contributed by atoms with E-state index in [2.05, 4.69) is 15.0 Å². The molecule has 0 amide bonds. The average Bonchev–Trinajstić information content (AvgIpc) is 2.48. The summed E-state index contributed by atoms with van der Waals surface area (Å²) in [6, 6.07) is 5.69. The van der Waals surface area contributed by atoms with Gasteiger partial charge in [-0.2, -0.15) is 8.78 Å². The molecule has 0 spiro atoms. The lowest BCUT2D eigenvalue weighted by Crippen LogP contribution is -2.43. The Morgan fingerprint density at radius 2 is 2.24 bits per heavy atom. The first-order valence-electron chi connectivity index (χ1n) is 7.14. The number of methoxy groups -OCH3 is 1. The van der Waals surface area contributed by atoms with Crippen molar-refractivity contribution in [3.63, 3.8) is 0 Å². The summed E-state index contributed by atoms with van der Waals surface area (Å²) in [5.41, 5.74) is 0.728. The molecule has 1 aromatic rings. The summed E-state index contributed by atoms with van der Waals surface area (Å²) in [6.45, 7) is -0.408. The van der Waals surface area contributed by atoms with Crippen molar-refractivity contribution >= 4 is 0 Å². The summed E-state index contributed by atoms with van der Waals surface area (Å²) in [5.74, 6) is 0.483. The van der Waals surface area contributed by atoms with Gasteiger partial charge in [0, 0.05) is 24.7 Å². The monoisotopic (exact) mass is 300 g/mol. The Labute approximate surface area is 124 Å². The lowest BCUT2D eigenvalue weighted by molar-refractivity contribution is -0.0522. The standard InChI is InChI=1S/C15H22F2N2O2/c1-18-12-6-4-8-19(10-12)9-11-5-3-7-13(20-2)14(11)21-15(16)17/h3,5,7,12,15,18H,4,6,8-10H2,1-2H3. The van der Waals surface area contributed by atoms with Gasteiger partial charge in [-0.25, -0.2) is 0 Å². The van der Waals surface area contributed by atoms with Crippen LogP contribution < -0.4 is 14.8 Å². The van der Waals surface area contributed by atoms with Gasteiger partial charge in [0.15, 0.2) is 11.5 Å². The van der Waals surface area contributed by atoms with E-state index in [9.17, 15) is 8.78 Å². The molecule has 0 saturated carbocycles. The van der Waals surface area contributed by atoms with E-state index in [1.807, 2.05) is 13.1 Å². The van der Waals surface area contributed by atoms with Gasteiger partial charge in [0.2, 0.25) is 0 Å². The summed E-state index contributed by atoms with van der Waals surface area (Å²) in [4.78, 5) is 2.25. The molecule has 1 aliphatic heterocycles. The van der Waals surface area contributed by atoms with Crippen LogP contribution in [-0.4, -0.2) is 44.8 Å². The number of likely N-dealkylation sites (tertiary alicyclic amines) is 1. The molecule has 1 unspecified atom stereocenters. The van der Waals surface area contributed by atoms with Gasteiger partial charge >= 0.3 is 6.61 Å². The van der Waals surface area contributed by atoms with Crippen LogP contribution in [0.5, 0.6) is 11.5 Å². The third-order valence-electron chi connectivity index (χ3n) is 3.80. The molecule has 1 aliphatic rings. The Balaban J connectivity index is 2.14. The average molecular weight is 300 g/mol. The van der Waals surface area contributed by atoms with Gasteiger partial charge in [0.25, 0.3) is 0 Å². The van der Waals surface area contributed by atoms with Crippen LogP contribution in [0.4, 0.5) is 8.78 Å². The largest absolute Gasteiger partial charge is 0.493 e. The second-order valence-corrected chi connectivity index (χ2v) is 5.19. The molecule has 6 heteroatoms. The maximum Gasteiger partial charge on any atom is 0.387 e. The SMILES string of the molecule is CNC1CCCN(Cc2cccc(OC)c2OC(F)F)C1. The van der Waals surface area contributed by atoms with E-state index in [1.54, 1.807) is 12.1 Å². The maximum absolute atomic E-state index is 12.6. The van der Waals surface area contributed by atoms with Crippen LogP contribution in [0, 0.1) is 0 Å². The van der Waals surface area contributed by atoms with Gasteiger partial charge in [-0.1, -0.05) is 12.1 Å². The molecule has 0 radical (unpaired) electrons. The number of benzene rings is 1. The number of nitrogens with zero attached hydrogens (tertiary/aromatic N) is 1. The number of para-hydroxylation sites is 1. The van der Waals surface area contributed by atoms with E-state index in [1.165, 1.54) is 7.11 Å². The fraction of sp³-hybridized carbons (Fsp3) is 0.600. The predicted molar refractivity (Wildman–Crippen MR) is 77.0 cm³/mol. The number of hydrogen-bond acceptors (Lipinski definition) is 4. The zero-order valence-corrected chi connectivity index (χ0v) is 12.4. The zero-order chi connectivity index (χ0) is 15.2. The summed E-state index contributed by atoms with van der Waals surface area (Å²) in [6.07, 6.45) is 2.24. The number of ether oxygens (including phenoxy) is 2. The van der Waals surface area contributed by atoms with Gasteiger partial charge in [-0.15, -0.1) is 0 Å². The number of piperidine rings is 1. The highest BCUT2D eigenvalue weighted by Gasteiger charge is 2.21. The number of nitrogens with one attached hydrogen (secondary N) is 1. The topological polar surface area (TPSA) is 33.7 Å². The maximum atomic E-state index is 12.6. The third-order valence-corrected chi connectivity index (χ3v) is 3.80. The normalized spacial score (nSPS) is 19.8. The van der Waals surface area contributed by atoms with Crippen molar-refractivity contribution in [3.05, 3.63) is 23.8 Å². The lowest BCUT2D eigenvalue weighted by atomic mass is 10.0. The van der Waals surface area contributed by atoms with Gasteiger partial charge in [-0.05, 0) is 32.5 Å². The molecule has 1 fully saturated rings. The van der Waals surface area contributed by atoms with Crippen molar-refractivity contribution in [3.8, 4) is 11.5 Å².